The molecule has 1 N–H and O–H groups in total. The molecule has 4 aromatic carbocycles. The number of amides is 1. The molecule has 0 aliphatic heterocycles. The topological polar surface area (TPSA) is 94.4 Å². The first kappa shape index (κ1) is 25.2. The van der Waals surface area contributed by atoms with Crippen LogP contribution in [0.4, 0.5) is 10.1 Å². The van der Waals surface area contributed by atoms with Crippen molar-refractivity contribution in [3.8, 4) is 11.6 Å². The average Bonchev–Trinajstić information content (AvgIpc) is 3.59. The molecule has 7 rings (SSSR count). The van der Waals surface area contributed by atoms with E-state index in [1.165, 1.54) is 28.9 Å². The molecule has 7 aromatic rings. The van der Waals surface area contributed by atoms with Crippen molar-refractivity contribution in [1.29, 1.82) is 0 Å². The zero-order chi connectivity index (χ0) is 28.6. The standard InChI is InChI=1S/C33H22FN5O3/c34-23-13-15-24(16-14-23)36-31(40)20-38-19-22(25-8-3-5-11-28(25)38)18-35-39-32(30-17-21-7-1-6-12-29(21)42-30)37-27-10-4-2-9-26(27)33(39)41/h1-19H,20H2,(H,36,40). The first-order valence-electron chi connectivity index (χ1n) is 13.2. The maximum absolute atomic E-state index is 13.7. The van der Waals surface area contributed by atoms with Crippen molar-refractivity contribution < 1.29 is 13.6 Å². The number of hydrogen-bond donors (Lipinski definition) is 1. The number of carbonyl (C=O) groups is 1. The van der Waals surface area contributed by atoms with Gasteiger partial charge in [0.25, 0.3) is 5.56 Å². The first-order chi connectivity index (χ1) is 20.5. The van der Waals surface area contributed by atoms with E-state index in [4.69, 9.17) is 9.40 Å². The zero-order valence-electron chi connectivity index (χ0n) is 22.1. The predicted molar refractivity (Wildman–Crippen MR) is 161 cm³/mol. The van der Waals surface area contributed by atoms with Gasteiger partial charge >= 0.3 is 0 Å². The maximum atomic E-state index is 13.7. The molecule has 9 heteroatoms. The molecular formula is C33H22FN5O3. The molecule has 0 aliphatic rings. The molecule has 0 radical (unpaired) electrons. The summed E-state index contributed by atoms with van der Waals surface area (Å²) >= 11 is 0. The largest absolute Gasteiger partial charge is 0.453 e. The number of halogens is 1. The van der Waals surface area contributed by atoms with Crippen LogP contribution in [0.25, 0.3) is 44.4 Å². The summed E-state index contributed by atoms with van der Waals surface area (Å²) in [4.78, 5) is 31.2. The van der Waals surface area contributed by atoms with Gasteiger partial charge in [-0.2, -0.15) is 9.78 Å². The van der Waals surface area contributed by atoms with Gasteiger partial charge in [0.2, 0.25) is 11.7 Å². The predicted octanol–water partition coefficient (Wildman–Crippen LogP) is 6.42. The van der Waals surface area contributed by atoms with Crippen molar-refractivity contribution in [3.63, 3.8) is 0 Å². The van der Waals surface area contributed by atoms with E-state index in [-0.39, 0.29) is 29.7 Å². The molecule has 0 spiro atoms. The summed E-state index contributed by atoms with van der Waals surface area (Å²) in [6.45, 7) is 0.0213. The number of carbonyl (C=O) groups excluding carboxylic acids is 1. The van der Waals surface area contributed by atoms with Crippen molar-refractivity contribution >= 4 is 50.6 Å². The third kappa shape index (κ3) is 4.62. The summed E-state index contributed by atoms with van der Waals surface area (Å²) in [6.07, 6.45) is 3.39. The summed E-state index contributed by atoms with van der Waals surface area (Å²) in [7, 11) is 0. The van der Waals surface area contributed by atoms with Crippen LogP contribution in [0.3, 0.4) is 0 Å². The fraction of sp³-hybridized carbons (Fsp3) is 0.0303. The second-order valence-electron chi connectivity index (χ2n) is 9.75. The zero-order valence-corrected chi connectivity index (χ0v) is 22.1. The molecular weight excluding hydrogens is 533 g/mol. The van der Waals surface area contributed by atoms with Gasteiger partial charge in [-0.05, 0) is 54.6 Å². The van der Waals surface area contributed by atoms with Gasteiger partial charge in [0.1, 0.15) is 17.9 Å². The molecule has 0 unspecified atom stereocenters. The third-order valence-electron chi connectivity index (χ3n) is 6.97. The lowest BCUT2D eigenvalue weighted by Crippen LogP contribution is -2.20. The summed E-state index contributed by atoms with van der Waals surface area (Å²) in [5.41, 5.74) is 2.89. The Bertz CT molecular complexity index is 2180. The number of hydrogen-bond acceptors (Lipinski definition) is 5. The van der Waals surface area contributed by atoms with Crippen molar-refractivity contribution in [2.24, 2.45) is 5.10 Å². The summed E-state index contributed by atoms with van der Waals surface area (Å²) < 4.78 is 22.4. The van der Waals surface area contributed by atoms with E-state index in [2.05, 4.69) is 10.4 Å². The maximum Gasteiger partial charge on any atom is 0.282 e. The van der Waals surface area contributed by atoms with Crippen LogP contribution in [0.1, 0.15) is 5.56 Å². The molecule has 0 saturated heterocycles. The van der Waals surface area contributed by atoms with Crippen molar-refractivity contribution in [2.45, 2.75) is 6.54 Å². The van der Waals surface area contributed by atoms with E-state index in [0.29, 0.717) is 33.5 Å². The number of para-hydroxylation sites is 3. The van der Waals surface area contributed by atoms with Crippen molar-refractivity contribution in [1.82, 2.24) is 14.2 Å². The number of nitrogens with one attached hydrogen (secondary N) is 1. The lowest BCUT2D eigenvalue weighted by molar-refractivity contribution is -0.116. The second-order valence-corrected chi connectivity index (χ2v) is 9.75. The number of nitrogens with zero attached hydrogens (tertiary/aromatic N) is 4. The lowest BCUT2D eigenvalue weighted by atomic mass is 10.2. The van der Waals surface area contributed by atoms with Gasteiger partial charge in [0, 0.05) is 33.7 Å². The van der Waals surface area contributed by atoms with Crippen LogP contribution >= 0.6 is 0 Å². The number of fused-ring (bicyclic) bond motifs is 3. The molecule has 0 fully saturated rings. The lowest BCUT2D eigenvalue weighted by Gasteiger charge is -2.07. The molecule has 1 amide bonds. The van der Waals surface area contributed by atoms with Crippen LogP contribution in [0.2, 0.25) is 0 Å². The van der Waals surface area contributed by atoms with E-state index in [1.807, 2.05) is 60.7 Å². The fourth-order valence-corrected chi connectivity index (χ4v) is 5.00. The smallest absolute Gasteiger partial charge is 0.282 e. The molecule has 8 nitrogen and oxygen atoms in total. The molecule has 0 atom stereocenters. The van der Waals surface area contributed by atoms with Gasteiger partial charge in [-0.3, -0.25) is 9.59 Å². The Labute approximate surface area is 238 Å². The molecule has 3 heterocycles. The minimum Gasteiger partial charge on any atom is -0.453 e. The Kier molecular flexibility index (Phi) is 6.16. The van der Waals surface area contributed by atoms with Gasteiger partial charge < -0.3 is 14.3 Å². The highest BCUT2D eigenvalue weighted by Crippen LogP contribution is 2.27. The van der Waals surface area contributed by atoms with E-state index >= 15 is 0 Å². The van der Waals surface area contributed by atoms with Gasteiger partial charge in [0.15, 0.2) is 5.76 Å². The van der Waals surface area contributed by atoms with Gasteiger partial charge in [-0.25, -0.2) is 9.37 Å². The number of benzene rings is 4. The second kappa shape index (κ2) is 10.3. The molecule has 0 bridgehead atoms. The summed E-state index contributed by atoms with van der Waals surface area (Å²) in [5, 5.41) is 9.54. The van der Waals surface area contributed by atoms with Crippen molar-refractivity contribution in [3.05, 3.63) is 131 Å². The monoisotopic (exact) mass is 555 g/mol. The third-order valence-corrected chi connectivity index (χ3v) is 6.97. The summed E-state index contributed by atoms with van der Waals surface area (Å²) in [6, 6.07) is 29.7. The SMILES string of the molecule is O=C(Cn1cc(C=Nn2c(-c3cc4ccccc4o3)nc3ccccc3c2=O)c2ccccc21)Nc1ccc(F)cc1. The summed E-state index contributed by atoms with van der Waals surface area (Å²) in [5.74, 6) is 0.0372. The van der Waals surface area contributed by atoms with Crippen LogP contribution in [0, 0.1) is 5.82 Å². The van der Waals surface area contributed by atoms with Crippen molar-refractivity contribution in [2.75, 3.05) is 5.32 Å². The van der Waals surface area contributed by atoms with Gasteiger partial charge in [-0.1, -0.05) is 48.5 Å². The van der Waals surface area contributed by atoms with Crippen LogP contribution in [0.15, 0.2) is 124 Å². The molecule has 3 aromatic heterocycles. The van der Waals surface area contributed by atoms with E-state index in [9.17, 15) is 14.0 Å². The van der Waals surface area contributed by atoms with E-state index in [1.54, 1.807) is 35.2 Å². The number of aromatic nitrogens is 3. The molecule has 0 saturated carbocycles. The highest BCUT2D eigenvalue weighted by Gasteiger charge is 2.17. The van der Waals surface area contributed by atoms with E-state index in [0.717, 1.165) is 16.3 Å². The Morgan fingerprint density at radius 2 is 1.67 bits per heavy atom. The van der Waals surface area contributed by atoms with Gasteiger partial charge in [0.05, 0.1) is 17.1 Å². The molecule has 204 valence electrons. The minimum absolute atomic E-state index is 0.0213. The highest BCUT2D eigenvalue weighted by molar-refractivity contribution is 6.00. The Morgan fingerprint density at radius 1 is 0.929 bits per heavy atom. The normalized spacial score (nSPS) is 11.6. The van der Waals surface area contributed by atoms with Crippen LogP contribution in [-0.4, -0.2) is 26.3 Å². The number of anilines is 1. The molecule has 42 heavy (non-hydrogen) atoms. The van der Waals surface area contributed by atoms with Crippen LogP contribution in [0.5, 0.6) is 0 Å². The average molecular weight is 556 g/mol. The quantitative estimate of drug-likeness (QED) is 0.240. The molecule has 0 aliphatic carbocycles. The fourth-order valence-electron chi connectivity index (χ4n) is 5.00. The minimum atomic E-state index is -0.377. The van der Waals surface area contributed by atoms with Gasteiger partial charge in [-0.15, -0.1) is 0 Å². The Morgan fingerprint density at radius 3 is 2.50 bits per heavy atom. The Balaban J connectivity index is 1.29. The number of furan rings is 1. The first-order valence-corrected chi connectivity index (χ1v) is 13.2. The van der Waals surface area contributed by atoms with E-state index < -0.39 is 0 Å². The Hall–Kier alpha value is -5.83. The van der Waals surface area contributed by atoms with Crippen LogP contribution in [-0.2, 0) is 11.3 Å². The van der Waals surface area contributed by atoms with Crippen LogP contribution < -0.4 is 10.9 Å². The number of rotatable bonds is 6. The highest BCUT2D eigenvalue weighted by atomic mass is 19.1.